The molecule has 0 N–H and O–H groups in total. The number of nitrogens with zero attached hydrogens (tertiary/aromatic N) is 2. The lowest BCUT2D eigenvalue weighted by Crippen LogP contribution is -2.34. The summed E-state index contributed by atoms with van der Waals surface area (Å²) in [6, 6.07) is 11.3. The number of rotatable bonds is 3. The average molecular weight is 391 g/mol. The van der Waals surface area contributed by atoms with Crippen LogP contribution in [0.1, 0.15) is 24.1 Å². The van der Waals surface area contributed by atoms with Gasteiger partial charge in [-0.1, -0.05) is 29.8 Å². The van der Waals surface area contributed by atoms with Gasteiger partial charge < -0.3 is 4.90 Å². The van der Waals surface area contributed by atoms with E-state index in [0.717, 1.165) is 24.2 Å². The number of benzene rings is 2. The first-order valence-corrected chi connectivity index (χ1v) is 9.49. The molecular formula is C21H21ClF2N2O. The van der Waals surface area contributed by atoms with Crippen LogP contribution in [0, 0.1) is 23.5 Å². The van der Waals surface area contributed by atoms with Crippen LogP contribution in [-0.2, 0) is 11.3 Å². The molecule has 2 fully saturated rings. The van der Waals surface area contributed by atoms with Crippen molar-refractivity contribution < 1.29 is 13.6 Å². The highest BCUT2D eigenvalue weighted by Crippen LogP contribution is 2.45. The molecule has 27 heavy (non-hydrogen) atoms. The number of halogens is 3. The van der Waals surface area contributed by atoms with Crippen LogP contribution in [0.15, 0.2) is 42.5 Å². The number of amides is 1. The van der Waals surface area contributed by atoms with E-state index in [-0.39, 0.29) is 28.7 Å². The number of carbonyl (C=O) groups is 1. The third kappa shape index (κ3) is 3.58. The van der Waals surface area contributed by atoms with Gasteiger partial charge in [-0.2, -0.15) is 0 Å². The van der Waals surface area contributed by atoms with Gasteiger partial charge in [-0.05, 0) is 41.3 Å². The summed E-state index contributed by atoms with van der Waals surface area (Å²) in [7, 11) is 0. The monoisotopic (exact) mass is 390 g/mol. The molecule has 2 heterocycles. The Morgan fingerprint density at radius 3 is 2.67 bits per heavy atom. The van der Waals surface area contributed by atoms with E-state index in [1.165, 1.54) is 18.2 Å². The molecule has 3 nitrogen and oxygen atoms in total. The van der Waals surface area contributed by atoms with Crippen molar-refractivity contribution in [3.63, 3.8) is 0 Å². The minimum Gasteiger partial charge on any atom is -0.335 e. The zero-order valence-electron chi connectivity index (χ0n) is 15.0. The Hall–Kier alpha value is -1.98. The molecule has 6 heteroatoms. The van der Waals surface area contributed by atoms with Crippen LogP contribution in [-0.4, -0.2) is 35.3 Å². The molecular weight excluding hydrogens is 370 g/mol. The normalized spacial score (nSPS) is 25.0. The van der Waals surface area contributed by atoms with Gasteiger partial charge in [0.15, 0.2) is 0 Å². The first-order chi connectivity index (χ1) is 12.9. The largest absolute Gasteiger partial charge is 0.335 e. The molecule has 0 unspecified atom stereocenters. The van der Waals surface area contributed by atoms with Crippen LogP contribution in [0.2, 0.25) is 5.02 Å². The summed E-state index contributed by atoms with van der Waals surface area (Å²) in [4.78, 5) is 16.3. The molecule has 2 aromatic carbocycles. The van der Waals surface area contributed by atoms with E-state index in [4.69, 9.17) is 11.6 Å². The zero-order chi connectivity index (χ0) is 19.1. The van der Waals surface area contributed by atoms with E-state index in [1.807, 2.05) is 11.0 Å². The topological polar surface area (TPSA) is 23.6 Å². The van der Waals surface area contributed by atoms with Crippen molar-refractivity contribution in [1.82, 2.24) is 9.80 Å². The summed E-state index contributed by atoms with van der Waals surface area (Å²) >= 11 is 5.89. The van der Waals surface area contributed by atoms with Gasteiger partial charge in [-0.25, -0.2) is 8.78 Å². The first kappa shape index (κ1) is 18.4. The van der Waals surface area contributed by atoms with Crippen LogP contribution in [0.25, 0.3) is 0 Å². The number of likely N-dealkylation sites (tertiary alicyclic amines) is 2. The maximum Gasteiger partial charge on any atom is 0.219 e. The fourth-order valence-corrected chi connectivity index (χ4v) is 4.81. The maximum absolute atomic E-state index is 13.8. The van der Waals surface area contributed by atoms with Gasteiger partial charge in [-0.15, -0.1) is 0 Å². The van der Waals surface area contributed by atoms with E-state index in [9.17, 15) is 13.6 Å². The quantitative estimate of drug-likeness (QED) is 0.781. The molecule has 0 spiro atoms. The predicted octanol–water partition coefficient (Wildman–Crippen LogP) is 4.27. The SMILES string of the molecule is CC(=O)N1C[C@H]2CN(Cc3ccc(F)c(Cl)c3)C[C@H]2[C@@H]1c1cccc(F)c1. The molecule has 2 aliphatic heterocycles. The minimum atomic E-state index is -0.415. The Balaban J connectivity index is 1.54. The van der Waals surface area contributed by atoms with Crippen molar-refractivity contribution in [3.05, 3.63) is 70.2 Å². The molecule has 3 atom stereocenters. The van der Waals surface area contributed by atoms with E-state index < -0.39 is 5.82 Å². The molecule has 0 radical (unpaired) electrons. The van der Waals surface area contributed by atoms with Crippen molar-refractivity contribution in [1.29, 1.82) is 0 Å². The lowest BCUT2D eigenvalue weighted by atomic mass is 9.89. The summed E-state index contributed by atoms with van der Waals surface area (Å²) in [5, 5.41) is 0.132. The van der Waals surface area contributed by atoms with E-state index >= 15 is 0 Å². The van der Waals surface area contributed by atoms with Crippen LogP contribution >= 0.6 is 11.6 Å². The fraction of sp³-hybridized carbons (Fsp3) is 0.381. The van der Waals surface area contributed by atoms with E-state index in [0.29, 0.717) is 19.0 Å². The lowest BCUT2D eigenvalue weighted by Gasteiger charge is -2.29. The average Bonchev–Trinajstić information content (AvgIpc) is 3.15. The number of hydrogen-bond donors (Lipinski definition) is 0. The molecule has 0 aromatic heterocycles. The lowest BCUT2D eigenvalue weighted by molar-refractivity contribution is -0.130. The van der Waals surface area contributed by atoms with Crippen LogP contribution in [0.5, 0.6) is 0 Å². The molecule has 142 valence electrons. The van der Waals surface area contributed by atoms with Gasteiger partial charge in [0.05, 0.1) is 11.1 Å². The first-order valence-electron chi connectivity index (χ1n) is 9.11. The Bertz CT molecular complexity index is 875. The van der Waals surface area contributed by atoms with Gasteiger partial charge in [0.25, 0.3) is 0 Å². The third-order valence-electron chi connectivity index (χ3n) is 5.72. The van der Waals surface area contributed by atoms with Gasteiger partial charge in [-0.3, -0.25) is 9.69 Å². The molecule has 2 aliphatic rings. The smallest absolute Gasteiger partial charge is 0.219 e. The standard InChI is InChI=1S/C21H21ClF2N2O/c1-13(27)26-11-16-10-25(9-14-5-6-20(24)19(22)7-14)12-18(16)21(26)15-3-2-4-17(23)8-15/h2-8,16,18,21H,9-12H2,1H3/t16-,18-,21+/m1/s1. The molecule has 4 rings (SSSR count). The fourth-order valence-electron chi connectivity index (χ4n) is 4.60. The summed E-state index contributed by atoms with van der Waals surface area (Å²) in [5.41, 5.74) is 1.82. The van der Waals surface area contributed by atoms with Crippen molar-refractivity contribution in [2.45, 2.75) is 19.5 Å². The van der Waals surface area contributed by atoms with Crippen molar-refractivity contribution >= 4 is 17.5 Å². The summed E-state index contributed by atoms with van der Waals surface area (Å²) in [6.07, 6.45) is 0. The Morgan fingerprint density at radius 2 is 1.96 bits per heavy atom. The van der Waals surface area contributed by atoms with E-state index in [1.54, 1.807) is 25.1 Å². The minimum absolute atomic E-state index is 0.0236. The van der Waals surface area contributed by atoms with Crippen LogP contribution in [0.3, 0.4) is 0 Å². The Morgan fingerprint density at radius 1 is 1.15 bits per heavy atom. The van der Waals surface area contributed by atoms with Crippen LogP contribution < -0.4 is 0 Å². The third-order valence-corrected chi connectivity index (χ3v) is 6.01. The molecule has 2 saturated heterocycles. The maximum atomic E-state index is 13.8. The van der Waals surface area contributed by atoms with Crippen molar-refractivity contribution in [2.75, 3.05) is 19.6 Å². The molecule has 0 saturated carbocycles. The Kier molecular flexibility index (Phi) is 4.91. The molecule has 2 aromatic rings. The van der Waals surface area contributed by atoms with Gasteiger partial charge in [0.1, 0.15) is 11.6 Å². The highest BCUT2D eigenvalue weighted by Gasteiger charge is 2.48. The number of carbonyl (C=O) groups excluding carboxylic acids is 1. The molecule has 0 bridgehead atoms. The second-order valence-corrected chi connectivity index (χ2v) is 7.94. The highest BCUT2D eigenvalue weighted by atomic mass is 35.5. The summed E-state index contributed by atoms with van der Waals surface area (Å²) < 4.78 is 27.1. The highest BCUT2D eigenvalue weighted by molar-refractivity contribution is 6.30. The number of hydrogen-bond acceptors (Lipinski definition) is 2. The van der Waals surface area contributed by atoms with Gasteiger partial charge in [0, 0.05) is 39.0 Å². The van der Waals surface area contributed by atoms with Gasteiger partial charge in [0.2, 0.25) is 5.91 Å². The predicted molar refractivity (Wildman–Crippen MR) is 100 cm³/mol. The summed E-state index contributed by atoms with van der Waals surface area (Å²) in [5.74, 6) is -0.0718. The van der Waals surface area contributed by atoms with E-state index in [2.05, 4.69) is 4.90 Å². The second-order valence-electron chi connectivity index (χ2n) is 7.54. The second kappa shape index (κ2) is 7.21. The van der Waals surface area contributed by atoms with Gasteiger partial charge >= 0.3 is 0 Å². The molecule has 1 amide bonds. The summed E-state index contributed by atoms with van der Waals surface area (Å²) in [6.45, 7) is 4.61. The van der Waals surface area contributed by atoms with Crippen LogP contribution in [0.4, 0.5) is 8.78 Å². The zero-order valence-corrected chi connectivity index (χ0v) is 15.8. The number of fused-ring (bicyclic) bond motifs is 1. The Labute approximate surface area is 162 Å². The van der Waals surface area contributed by atoms with Crippen molar-refractivity contribution in [2.24, 2.45) is 11.8 Å². The van der Waals surface area contributed by atoms with Crippen molar-refractivity contribution in [3.8, 4) is 0 Å². The molecule has 0 aliphatic carbocycles.